The molecule has 2 heteroatoms. The minimum Gasteiger partial charge on any atom is -0.458 e. The number of hydrogen-bond acceptors (Lipinski definition) is 2. The van der Waals surface area contributed by atoms with Gasteiger partial charge in [-0.15, -0.1) is 0 Å². The highest BCUT2D eigenvalue weighted by Crippen LogP contribution is 2.42. The summed E-state index contributed by atoms with van der Waals surface area (Å²) in [5.74, 6) is -0.00287. The van der Waals surface area contributed by atoms with Crippen LogP contribution in [-0.2, 0) is 9.53 Å². The van der Waals surface area contributed by atoms with E-state index in [-0.39, 0.29) is 11.6 Å². The summed E-state index contributed by atoms with van der Waals surface area (Å²) in [6.45, 7) is 0. The molecule has 1 aliphatic heterocycles. The second kappa shape index (κ2) is 1.49. The minimum absolute atomic E-state index is 0.00287. The molecule has 1 saturated carbocycles. The predicted octanol–water partition coefficient (Wildman–Crippen LogP) is 1.25. The Labute approximate surface area is 54.2 Å². The molecule has 0 aromatic heterocycles. The van der Waals surface area contributed by atoms with Crippen LogP contribution < -0.4 is 0 Å². The molecule has 0 radical (unpaired) electrons. The summed E-state index contributed by atoms with van der Waals surface area (Å²) in [5.41, 5.74) is 0.0388. The molecule has 0 unspecified atom stereocenters. The van der Waals surface area contributed by atoms with Crippen molar-refractivity contribution < 1.29 is 9.53 Å². The third-order valence-electron chi connectivity index (χ3n) is 2.31. The van der Waals surface area contributed by atoms with Gasteiger partial charge in [0, 0.05) is 0 Å². The van der Waals surface area contributed by atoms with Crippen molar-refractivity contribution in [3.63, 3.8) is 0 Å². The zero-order valence-electron chi connectivity index (χ0n) is 5.35. The van der Waals surface area contributed by atoms with Crippen LogP contribution in [0.1, 0.15) is 32.1 Å². The molecule has 0 amide bonds. The van der Waals surface area contributed by atoms with Gasteiger partial charge < -0.3 is 4.74 Å². The lowest BCUT2D eigenvalue weighted by molar-refractivity contribution is -0.189. The highest BCUT2D eigenvalue weighted by molar-refractivity contribution is 5.77. The van der Waals surface area contributed by atoms with E-state index >= 15 is 0 Å². The van der Waals surface area contributed by atoms with Crippen molar-refractivity contribution in [2.75, 3.05) is 0 Å². The van der Waals surface area contributed by atoms with E-state index < -0.39 is 0 Å². The van der Waals surface area contributed by atoms with Crippen molar-refractivity contribution >= 4 is 5.97 Å². The second-order valence-corrected chi connectivity index (χ2v) is 3.04. The highest BCUT2D eigenvalue weighted by atomic mass is 16.6. The fraction of sp³-hybridized carbons (Fsp3) is 0.857. The number of rotatable bonds is 0. The Bertz CT molecular complexity index is 135. The number of carbonyl (C=O) groups is 1. The van der Waals surface area contributed by atoms with Crippen LogP contribution in [0.15, 0.2) is 0 Å². The van der Waals surface area contributed by atoms with Crippen LogP contribution >= 0.6 is 0 Å². The van der Waals surface area contributed by atoms with Gasteiger partial charge in [-0.2, -0.15) is 0 Å². The van der Waals surface area contributed by atoms with E-state index in [1.54, 1.807) is 0 Å². The van der Waals surface area contributed by atoms with Gasteiger partial charge in [-0.1, -0.05) is 0 Å². The molecular formula is C7H10O2. The van der Waals surface area contributed by atoms with Crippen LogP contribution in [0.5, 0.6) is 0 Å². The summed E-state index contributed by atoms with van der Waals surface area (Å²) >= 11 is 0. The fourth-order valence-corrected chi connectivity index (χ4v) is 1.79. The molecule has 0 aromatic rings. The Balaban J connectivity index is 2.03. The number of ether oxygens (including phenoxy) is 1. The summed E-state index contributed by atoms with van der Waals surface area (Å²) in [7, 11) is 0. The lowest BCUT2D eigenvalue weighted by Gasteiger charge is -2.36. The maximum Gasteiger partial charge on any atom is 0.310 e. The van der Waals surface area contributed by atoms with Gasteiger partial charge in [0.05, 0.1) is 6.42 Å². The fourth-order valence-electron chi connectivity index (χ4n) is 1.79. The van der Waals surface area contributed by atoms with Crippen molar-refractivity contribution in [2.24, 2.45) is 0 Å². The molecule has 0 aromatic carbocycles. The molecule has 9 heavy (non-hydrogen) atoms. The highest BCUT2D eigenvalue weighted by Gasteiger charge is 2.47. The van der Waals surface area contributed by atoms with Crippen molar-refractivity contribution in [1.29, 1.82) is 0 Å². The molecule has 1 heterocycles. The van der Waals surface area contributed by atoms with Gasteiger partial charge in [0.25, 0.3) is 0 Å². The Hall–Kier alpha value is -0.530. The van der Waals surface area contributed by atoms with Crippen LogP contribution in [0.2, 0.25) is 0 Å². The quantitative estimate of drug-likeness (QED) is 0.456. The van der Waals surface area contributed by atoms with Gasteiger partial charge in [-0.25, -0.2) is 0 Å². The van der Waals surface area contributed by atoms with Gasteiger partial charge in [0.15, 0.2) is 0 Å². The first-order chi connectivity index (χ1) is 4.31. The average Bonchev–Trinajstić information content (AvgIpc) is 2.12. The average molecular weight is 126 g/mol. The molecule has 2 aliphatic rings. The van der Waals surface area contributed by atoms with Crippen LogP contribution in [-0.4, -0.2) is 11.6 Å². The van der Waals surface area contributed by atoms with E-state index in [2.05, 4.69) is 0 Å². The molecule has 50 valence electrons. The molecule has 0 bridgehead atoms. The normalized spacial score (nSPS) is 30.0. The van der Waals surface area contributed by atoms with E-state index in [0.29, 0.717) is 6.42 Å². The van der Waals surface area contributed by atoms with Crippen LogP contribution in [0.3, 0.4) is 0 Å². The Morgan fingerprint density at radius 3 is 2.33 bits per heavy atom. The van der Waals surface area contributed by atoms with Crippen molar-refractivity contribution in [1.82, 2.24) is 0 Å². The summed E-state index contributed by atoms with van der Waals surface area (Å²) in [6.07, 6.45) is 5.39. The molecule has 2 rings (SSSR count). The van der Waals surface area contributed by atoms with Gasteiger partial charge in [-0.05, 0) is 25.7 Å². The zero-order chi connectivity index (χ0) is 6.32. The van der Waals surface area contributed by atoms with Crippen molar-refractivity contribution in [2.45, 2.75) is 37.7 Å². The second-order valence-electron chi connectivity index (χ2n) is 3.04. The van der Waals surface area contributed by atoms with E-state index in [1.165, 1.54) is 12.8 Å². The molecular weight excluding hydrogens is 116 g/mol. The molecule has 2 fully saturated rings. The Morgan fingerprint density at radius 2 is 1.89 bits per heavy atom. The zero-order valence-corrected chi connectivity index (χ0v) is 5.35. The molecule has 0 N–H and O–H groups in total. The van der Waals surface area contributed by atoms with E-state index in [9.17, 15) is 4.79 Å². The first-order valence-electron chi connectivity index (χ1n) is 3.53. The molecule has 2 nitrogen and oxygen atoms in total. The third-order valence-corrected chi connectivity index (χ3v) is 2.31. The first kappa shape index (κ1) is 5.27. The largest absolute Gasteiger partial charge is 0.458 e. The van der Waals surface area contributed by atoms with Gasteiger partial charge >= 0.3 is 5.97 Å². The van der Waals surface area contributed by atoms with Crippen LogP contribution in [0.25, 0.3) is 0 Å². The van der Waals surface area contributed by atoms with Crippen molar-refractivity contribution in [3.8, 4) is 0 Å². The summed E-state index contributed by atoms with van der Waals surface area (Å²) in [5, 5.41) is 0. The maximum atomic E-state index is 10.4. The lowest BCUT2D eigenvalue weighted by Crippen LogP contribution is -2.44. The maximum absolute atomic E-state index is 10.4. The van der Waals surface area contributed by atoms with Gasteiger partial charge in [-0.3, -0.25) is 4.79 Å². The van der Waals surface area contributed by atoms with E-state index in [0.717, 1.165) is 12.8 Å². The van der Waals surface area contributed by atoms with Gasteiger partial charge in [0.1, 0.15) is 5.60 Å². The predicted molar refractivity (Wildman–Crippen MR) is 31.9 cm³/mol. The number of carbonyl (C=O) groups excluding carboxylic acids is 1. The molecule has 0 atom stereocenters. The topological polar surface area (TPSA) is 26.3 Å². The minimum atomic E-state index is -0.00287. The van der Waals surface area contributed by atoms with E-state index in [1.807, 2.05) is 0 Å². The summed E-state index contributed by atoms with van der Waals surface area (Å²) in [6, 6.07) is 0. The van der Waals surface area contributed by atoms with Crippen LogP contribution in [0.4, 0.5) is 0 Å². The molecule has 1 aliphatic carbocycles. The Morgan fingerprint density at radius 1 is 1.33 bits per heavy atom. The first-order valence-corrected chi connectivity index (χ1v) is 3.53. The molecule has 1 spiro atoms. The third kappa shape index (κ3) is 0.655. The molecule has 1 saturated heterocycles. The standard InChI is InChI=1S/C7H10O2/c8-6-5-7(9-6)3-1-2-4-7/h1-5H2. The lowest BCUT2D eigenvalue weighted by atomic mass is 9.93. The van der Waals surface area contributed by atoms with Gasteiger partial charge in [0.2, 0.25) is 0 Å². The van der Waals surface area contributed by atoms with E-state index in [4.69, 9.17) is 4.74 Å². The smallest absolute Gasteiger partial charge is 0.310 e. The van der Waals surface area contributed by atoms with Crippen molar-refractivity contribution in [3.05, 3.63) is 0 Å². The SMILES string of the molecule is O=C1CC2(CCCC2)O1. The number of hydrogen-bond donors (Lipinski definition) is 0. The number of esters is 1. The monoisotopic (exact) mass is 126 g/mol. The summed E-state index contributed by atoms with van der Waals surface area (Å²) in [4.78, 5) is 10.4. The Kier molecular flexibility index (Phi) is 0.875. The van der Waals surface area contributed by atoms with Crippen LogP contribution in [0, 0.1) is 0 Å². The summed E-state index contributed by atoms with van der Waals surface area (Å²) < 4.78 is 5.05.